The van der Waals surface area contributed by atoms with Gasteiger partial charge in [0.2, 0.25) is 0 Å². The van der Waals surface area contributed by atoms with Crippen molar-refractivity contribution in [2.75, 3.05) is 0 Å². The maximum Gasteiger partial charge on any atom is 0.133 e. The van der Waals surface area contributed by atoms with Crippen molar-refractivity contribution < 1.29 is 4.79 Å². The van der Waals surface area contributed by atoms with Crippen molar-refractivity contribution in [1.82, 2.24) is 0 Å². The first-order valence-electron chi connectivity index (χ1n) is 4.81. The van der Waals surface area contributed by atoms with Gasteiger partial charge in [0.1, 0.15) is 5.78 Å². The van der Waals surface area contributed by atoms with Crippen LogP contribution in [0.15, 0.2) is 36.5 Å². The number of rotatable bonds is 1. The van der Waals surface area contributed by atoms with Gasteiger partial charge in [0.05, 0.1) is 0 Å². The quantitative estimate of drug-likeness (QED) is 0.558. The number of ketones is 1. The van der Waals surface area contributed by atoms with Gasteiger partial charge in [-0.1, -0.05) is 36.5 Å². The Morgan fingerprint density at radius 3 is 2.69 bits per heavy atom. The summed E-state index contributed by atoms with van der Waals surface area (Å²) in [6.07, 6.45) is 13.8. The maximum atomic E-state index is 11.4. The van der Waals surface area contributed by atoms with E-state index in [1.807, 2.05) is 0 Å². The summed E-state index contributed by atoms with van der Waals surface area (Å²) < 4.78 is 0. The molecule has 0 saturated heterocycles. The molecular weight excluding hydrogens is 160 g/mol. The Morgan fingerprint density at radius 2 is 1.92 bits per heavy atom. The molecule has 0 saturated carbocycles. The van der Waals surface area contributed by atoms with Crippen LogP contribution in [-0.2, 0) is 4.79 Å². The number of hydrogen-bond acceptors (Lipinski definition) is 1. The summed E-state index contributed by atoms with van der Waals surface area (Å²) in [5.74, 6) is 1.32. The lowest BCUT2D eigenvalue weighted by molar-refractivity contribution is -0.121. The van der Waals surface area contributed by atoms with Gasteiger partial charge in [-0.25, -0.2) is 0 Å². The number of hydrogen-bond donors (Lipinski definition) is 0. The van der Waals surface area contributed by atoms with Gasteiger partial charge in [-0.2, -0.15) is 0 Å². The highest BCUT2D eigenvalue weighted by atomic mass is 16.1. The third-order valence-corrected chi connectivity index (χ3v) is 2.90. The van der Waals surface area contributed by atoms with Crippen LogP contribution in [0.4, 0.5) is 0 Å². The van der Waals surface area contributed by atoms with E-state index < -0.39 is 0 Å². The number of Topliss-reactive ketones (excluding diaryl/α,β-unsaturated/α-hetero) is 1. The zero-order chi connectivity index (χ0) is 9.26. The molecule has 3 atom stereocenters. The van der Waals surface area contributed by atoms with Crippen LogP contribution in [0.3, 0.4) is 0 Å². The molecule has 0 heterocycles. The van der Waals surface area contributed by atoms with Crippen molar-refractivity contribution in [3.05, 3.63) is 36.5 Å². The van der Waals surface area contributed by atoms with Gasteiger partial charge in [-0.3, -0.25) is 4.79 Å². The second-order valence-corrected chi connectivity index (χ2v) is 3.85. The van der Waals surface area contributed by atoms with E-state index >= 15 is 0 Å². The Labute approximate surface area is 78.8 Å². The van der Waals surface area contributed by atoms with Gasteiger partial charge >= 0.3 is 0 Å². The number of fused-ring (bicyclic) bond motifs is 2. The molecule has 0 fully saturated rings. The number of allylic oxidation sites excluding steroid dienone is 6. The molecule has 3 aliphatic carbocycles. The Morgan fingerprint density at radius 1 is 1.15 bits per heavy atom. The van der Waals surface area contributed by atoms with Gasteiger partial charge in [0.15, 0.2) is 0 Å². The molecule has 13 heavy (non-hydrogen) atoms. The molecule has 0 amide bonds. The van der Waals surface area contributed by atoms with Crippen LogP contribution in [0.1, 0.15) is 13.3 Å². The third-order valence-electron chi connectivity index (χ3n) is 2.90. The van der Waals surface area contributed by atoms with Crippen LogP contribution in [0, 0.1) is 17.8 Å². The van der Waals surface area contributed by atoms with Crippen molar-refractivity contribution in [2.45, 2.75) is 13.3 Å². The molecule has 0 radical (unpaired) electrons. The Hall–Kier alpha value is -1.11. The minimum Gasteiger partial charge on any atom is -0.300 e. The molecule has 3 rings (SSSR count). The lowest BCUT2D eigenvalue weighted by Gasteiger charge is -2.28. The fraction of sp³-hybridized carbons (Fsp3) is 0.417. The van der Waals surface area contributed by atoms with Crippen molar-refractivity contribution >= 4 is 5.78 Å². The van der Waals surface area contributed by atoms with Crippen molar-refractivity contribution in [3.8, 4) is 0 Å². The van der Waals surface area contributed by atoms with E-state index in [1.165, 1.54) is 0 Å². The SMILES string of the molecule is CC(=O)C1CC2C=CC1/C=C\C=C/2. The molecule has 2 bridgehead atoms. The molecule has 0 aliphatic heterocycles. The summed E-state index contributed by atoms with van der Waals surface area (Å²) in [6, 6.07) is 0. The topological polar surface area (TPSA) is 17.1 Å². The van der Waals surface area contributed by atoms with E-state index in [0.717, 1.165) is 6.42 Å². The van der Waals surface area contributed by atoms with Crippen LogP contribution in [0.2, 0.25) is 0 Å². The number of carbonyl (C=O) groups excluding carboxylic acids is 1. The zero-order valence-electron chi connectivity index (χ0n) is 7.81. The fourth-order valence-corrected chi connectivity index (χ4v) is 2.11. The molecule has 0 aromatic heterocycles. The monoisotopic (exact) mass is 174 g/mol. The minimum absolute atomic E-state index is 0.205. The Balaban J connectivity index is 2.30. The maximum absolute atomic E-state index is 11.4. The van der Waals surface area contributed by atoms with Crippen LogP contribution in [0.25, 0.3) is 0 Å². The van der Waals surface area contributed by atoms with E-state index in [-0.39, 0.29) is 5.92 Å². The predicted molar refractivity (Wildman–Crippen MR) is 53.2 cm³/mol. The Kier molecular flexibility index (Phi) is 2.17. The van der Waals surface area contributed by atoms with Crippen molar-refractivity contribution in [2.24, 2.45) is 17.8 Å². The second-order valence-electron chi connectivity index (χ2n) is 3.85. The molecule has 0 N–H and O–H groups in total. The second kappa shape index (κ2) is 3.33. The molecule has 3 unspecified atom stereocenters. The highest BCUT2D eigenvalue weighted by Crippen LogP contribution is 2.32. The molecule has 3 aliphatic rings. The fourth-order valence-electron chi connectivity index (χ4n) is 2.11. The third kappa shape index (κ3) is 1.64. The summed E-state index contributed by atoms with van der Waals surface area (Å²) in [6.45, 7) is 1.70. The summed E-state index contributed by atoms with van der Waals surface area (Å²) in [5, 5.41) is 0. The van der Waals surface area contributed by atoms with Crippen molar-refractivity contribution in [1.29, 1.82) is 0 Å². The van der Waals surface area contributed by atoms with Crippen molar-refractivity contribution in [3.63, 3.8) is 0 Å². The molecule has 68 valence electrons. The van der Waals surface area contributed by atoms with E-state index in [4.69, 9.17) is 0 Å². The van der Waals surface area contributed by atoms with Crippen LogP contribution < -0.4 is 0 Å². The van der Waals surface area contributed by atoms with Crippen LogP contribution in [0.5, 0.6) is 0 Å². The summed E-state index contributed by atoms with van der Waals surface area (Å²) in [7, 11) is 0. The highest BCUT2D eigenvalue weighted by molar-refractivity contribution is 5.79. The van der Waals surface area contributed by atoms with Gasteiger partial charge in [-0.15, -0.1) is 0 Å². The first-order valence-corrected chi connectivity index (χ1v) is 4.81. The molecule has 0 spiro atoms. The van der Waals surface area contributed by atoms with Gasteiger partial charge < -0.3 is 0 Å². The van der Waals surface area contributed by atoms with E-state index in [0.29, 0.717) is 17.6 Å². The first kappa shape index (κ1) is 8.49. The average Bonchev–Trinajstić information content (AvgIpc) is 2.04. The minimum atomic E-state index is 0.205. The lowest BCUT2D eigenvalue weighted by Crippen LogP contribution is -2.25. The standard InChI is InChI=1S/C12H14O/c1-9(13)12-8-10-4-2-3-5-11(12)7-6-10/h2-7,10-12H,8H2,1H3/b4-2-,5-3-. The highest BCUT2D eigenvalue weighted by Gasteiger charge is 2.27. The number of carbonyl (C=O) groups is 1. The molecule has 0 aromatic carbocycles. The van der Waals surface area contributed by atoms with E-state index in [2.05, 4.69) is 36.5 Å². The molecule has 0 aromatic rings. The summed E-state index contributed by atoms with van der Waals surface area (Å²) >= 11 is 0. The van der Waals surface area contributed by atoms with Gasteiger partial charge in [0.25, 0.3) is 0 Å². The smallest absolute Gasteiger partial charge is 0.133 e. The molecule has 1 heteroatoms. The normalized spacial score (nSPS) is 40.8. The van der Waals surface area contributed by atoms with Crippen LogP contribution >= 0.6 is 0 Å². The summed E-state index contributed by atoms with van der Waals surface area (Å²) in [4.78, 5) is 11.4. The average molecular weight is 174 g/mol. The first-order chi connectivity index (χ1) is 6.27. The molecule has 1 nitrogen and oxygen atoms in total. The van der Waals surface area contributed by atoms with Gasteiger partial charge in [-0.05, 0) is 19.3 Å². The Bertz CT molecular complexity index is 296. The van der Waals surface area contributed by atoms with E-state index in [9.17, 15) is 4.79 Å². The van der Waals surface area contributed by atoms with Gasteiger partial charge in [0, 0.05) is 11.8 Å². The molecular formula is C12H14O. The lowest BCUT2D eigenvalue weighted by atomic mass is 9.76. The van der Waals surface area contributed by atoms with E-state index in [1.54, 1.807) is 6.92 Å². The zero-order valence-corrected chi connectivity index (χ0v) is 7.81. The van der Waals surface area contributed by atoms with Crippen LogP contribution in [-0.4, -0.2) is 5.78 Å². The summed E-state index contributed by atoms with van der Waals surface area (Å²) in [5.41, 5.74) is 0. The predicted octanol–water partition coefficient (Wildman–Crippen LogP) is 2.51. The largest absolute Gasteiger partial charge is 0.300 e.